The van der Waals surface area contributed by atoms with Crippen molar-refractivity contribution in [1.82, 2.24) is 4.90 Å². The molecule has 0 saturated heterocycles. The van der Waals surface area contributed by atoms with Gasteiger partial charge in [0.25, 0.3) is 5.91 Å². The van der Waals surface area contributed by atoms with E-state index in [1.54, 1.807) is 20.2 Å². The molecule has 2 aromatic rings. The lowest BCUT2D eigenvalue weighted by molar-refractivity contribution is -0.153. The molecular formula is C31H36N4O7. The zero-order valence-corrected chi connectivity index (χ0v) is 24.0. The maximum absolute atomic E-state index is 14.1. The van der Waals surface area contributed by atoms with Crippen LogP contribution in [0.1, 0.15) is 23.1 Å². The first kappa shape index (κ1) is 29.2. The third kappa shape index (κ3) is 4.31. The van der Waals surface area contributed by atoms with Gasteiger partial charge in [-0.2, -0.15) is 0 Å². The van der Waals surface area contributed by atoms with E-state index in [0.717, 1.165) is 5.56 Å². The van der Waals surface area contributed by atoms with Crippen molar-refractivity contribution >= 4 is 34.6 Å². The SMILES string of the molecule is CN(C)c1cc(NCCc2ccccc2)c(O)c2c1CC1CC3C(N(C)C)C(=O)C(C(N)=O)=C(O)[C@@]3(O)C(=O)C1=C2O. The second kappa shape index (κ2) is 10.5. The molecule has 2 aromatic carbocycles. The fraction of sp³-hybridized carbons (Fsp3) is 0.387. The number of anilines is 2. The number of carbonyl (C=O) groups is 3. The van der Waals surface area contributed by atoms with Gasteiger partial charge in [-0.1, -0.05) is 30.3 Å². The third-order valence-corrected chi connectivity index (χ3v) is 8.75. The number of nitrogens with one attached hydrogen (secondary N) is 1. The van der Waals surface area contributed by atoms with Gasteiger partial charge in [0.15, 0.2) is 11.4 Å². The summed E-state index contributed by atoms with van der Waals surface area (Å²) in [6.07, 6.45) is 0.937. The molecule has 1 saturated carbocycles. The van der Waals surface area contributed by atoms with Crippen molar-refractivity contribution in [1.29, 1.82) is 0 Å². The Morgan fingerprint density at radius 3 is 2.36 bits per heavy atom. The van der Waals surface area contributed by atoms with Gasteiger partial charge in [-0.25, -0.2) is 0 Å². The van der Waals surface area contributed by atoms with Gasteiger partial charge in [0.2, 0.25) is 5.78 Å². The van der Waals surface area contributed by atoms with Crippen LogP contribution in [0, 0.1) is 11.8 Å². The number of nitrogens with two attached hydrogens (primary N) is 1. The standard InChI is InChI=1S/C31H36N4O7/c1-34(2)20-14-19(33-11-10-15-8-6-5-7-9-15)25(36)22-17(20)12-16-13-18-24(35(3)4)27(38)23(30(32)41)29(40)31(18,42)28(39)21(16)26(22)37/h5-9,14,16,18,24,33,36-37,40,42H,10-13H2,1-4H3,(H2,32,41)/t16?,18?,24?,31-/m0/s1. The number of aliphatic hydroxyl groups is 3. The van der Waals surface area contributed by atoms with E-state index in [0.29, 0.717) is 29.9 Å². The van der Waals surface area contributed by atoms with Crippen molar-refractivity contribution in [2.45, 2.75) is 30.9 Å². The summed E-state index contributed by atoms with van der Waals surface area (Å²) < 4.78 is 0. The van der Waals surface area contributed by atoms with Crippen LogP contribution in [0.2, 0.25) is 0 Å². The maximum atomic E-state index is 14.1. The predicted octanol–water partition coefficient (Wildman–Crippen LogP) is 1.68. The first-order valence-corrected chi connectivity index (χ1v) is 13.8. The zero-order valence-electron chi connectivity index (χ0n) is 24.0. The van der Waals surface area contributed by atoms with E-state index in [1.807, 2.05) is 49.3 Å². The largest absolute Gasteiger partial charge is 0.508 e. The Morgan fingerprint density at radius 1 is 1.10 bits per heavy atom. The van der Waals surface area contributed by atoms with Crippen LogP contribution >= 0.6 is 0 Å². The number of aliphatic hydroxyl groups excluding tert-OH is 2. The third-order valence-electron chi connectivity index (χ3n) is 8.75. The molecule has 42 heavy (non-hydrogen) atoms. The summed E-state index contributed by atoms with van der Waals surface area (Å²) in [6, 6.07) is 10.5. The molecule has 7 N–H and O–H groups in total. The highest BCUT2D eigenvalue weighted by molar-refractivity contribution is 6.24. The van der Waals surface area contributed by atoms with Crippen molar-refractivity contribution in [2.24, 2.45) is 17.6 Å². The number of rotatable bonds is 7. The molecule has 4 atom stereocenters. The van der Waals surface area contributed by atoms with Crippen LogP contribution < -0.4 is 16.0 Å². The van der Waals surface area contributed by atoms with Crippen LogP contribution in [-0.2, 0) is 27.2 Å². The van der Waals surface area contributed by atoms with Gasteiger partial charge in [0.05, 0.1) is 17.3 Å². The monoisotopic (exact) mass is 576 g/mol. The quantitative estimate of drug-likeness (QED) is 0.210. The molecule has 0 radical (unpaired) electrons. The zero-order chi connectivity index (χ0) is 30.7. The Balaban J connectivity index is 1.63. The van der Waals surface area contributed by atoms with Crippen LogP contribution in [-0.4, -0.2) is 89.2 Å². The van der Waals surface area contributed by atoms with E-state index in [2.05, 4.69) is 5.32 Å². The lowest BCUT2D eigenvalue weighted by atomic mass is 9.57. The number of aromatic hydroxyl groups is 1. The molecule has 11 heteroatoms. The minimum atomic E-state index is -2.67. The molecular weight excluding hydrogens is 540 g/mol. The number of carbonyl (C=O) groups excluding carboxylic acids is 3. The number of Topliss-reactive ketones (excluding diaryl/α,β-unsaturated/α-hetero) is 2. The summed E-state index contributed by atoms with van der Waals surface area (Å²) in [7, 11) is 6.80. The number of fused-ring (bicyclic) bond motifs is 3. The molecule has 11 nitrogen and oxygen atoms in total. The number of phenolic OH excluding ortho intramolecular Hbond substituents is 1. The molecule has 222 valence electrons. The van der Waals surface area contributed by atoms with Crippen molar-refractivity contribution in [3.63, 3.8) is 0 Å². The minimum Gasteiger partial charge on any atom is -0.508 e. The Labute approximate surface area is 243 Å². The number of amides is 1. The van der Waals surface area contributed by atoms with E-state index in [-0.39, 0.29) is 29.7 Å². The molecule has 0 aromatic heterocycles. The van der Waals surface area contributed by atoms with E-state index in [9.17, 15) is 34.8 Å². The number of primary amides is 1. The summed E-state index contributed by atoms with van der Waals surface area (Å²) in [5.74, 6) is -6.70. The average molecular weight is 577 g/mol. The van der Waals surface area contributed by atoms with Crippen molar-refractivity contribution in [3.8, 4) is 5.75 Å². The van der Waals surface area contributed by atoms with Crippen LogP contribution in [0.3, 0.4) is 0 Å². The molecule has 1 amide bonds. The number of likely N-dealkylation sites (N-methyl/N-ethyl adjacent to an activating group) is 1. The lowest BCUT2D eigenvalue weighted by Crippen LogP contribution is -2.65. The Hall–Kier alpha value is -4.35. The highest BCUT2D eigenvalue weighted by Gasteiger charge is 2.64. The topological polar surface area (TPSA) is 177 Å². The van der Waals surface area contributed by atoms with Crippen LogP contribution in [0.25, 0.3) is 5.76 Å². The molecule has 0 bridgehead atoms. The van der Waals surface area contributed by atoms with Gasteiger partial charge in [0, 0.05) is 37.8 Å². The highest BCUT2D eigenvalue weighted by Crippen LogP contribution is 2.54. The Bertz CT molecular complexity index is 1550. The average Bonchev–Trinajstić information content (AvgIpc) is 2.92. The highest BCUT2D eigenvalue weighted by atomic mass is 16.3. The number of nitrogens with zero attached hydrogens (tertiary/aromatic N) is 2. The lowest BCUT2D eigenvalue weighted by Gasteiger charge is -2.50. The van der Waals surface area contributed by atoms with Crippen LogP contribution in [0.5, 0.6) is 5.75 Å². The van der Waals surface area contributed by atoms with Gasteiger partial charge in [-0.05, 0) is 56.5 Å². The van der Waals surface area contributed by atoms with E-state index in [4.69, 9.17) is 5.73 Å². The van der Waals surface area contributed by atoms with Crippen LogP contribution in [0.15, 0.2) is 53.3 Å². The smallest absolute Gasteiger partial charge is 0.255 e. The van der Waals surface area contributed by atoms with E-state index in [1.165, 1.54) is 4.90 Å². The fourth-order valence-electron chi connectivity index (χ4n) is 6.81. The second-order valence-corrected chi connectivity index (χ2v) is 11.7. The molecule has 0 heterocycles. The van der Waals surface area contributed by atoms with Crippen LogP contribution in [0.4, 0.5) is 11.4 Å². The van der Waals surface area contributed by atoms with Gasteiger partial charge in [-0.3, -0.25) is 19.3 Å². The minimum absolute atomic E-state index is 0.0382. The first-order chi connectivity index (χ1) is 19.8. The molecule has 3 aliphatic carbocycles. The number of hydrogen-bond donors (Lipinski definition) is 6. The molecule has 5 rings (SSSR count). The van der Waals surface area contributed by atoms with Gasteiger partial charge in [0.1, 0.15) is 22.8 Å². The first-order valence-electron chi connectivity index (χ1n) is 13.8. The van der Waals surface area contributed by atoms with E-state index >= 15 is 0 Å². The van der Waals surface area contributed by atoms with Gasteiger partial charge >= 0.3 is 0 Å². The molecule has 0 aliphatic heterocycles. The summed E-state index contributed by atoms with van der Waals surface area (Å²) >= 11 is 0. The maximum Gasteiger partial charge on any atom is 0.255 e. The van der Waals surface area contributed by atoms with Gasteiger partial charge in [-0.15, -0.1) is 0 Å². The number of ketones is 2. The van der Waals surface area contributed by atoms with Crippen molar-refractivity contribution in [3.05, 3.63) is 70.0 Å². The Kier molecular flexibility index (Phi) is 7.28. The van der Waals surface area contributed by atoms with Gasteiger partial charge < -0.3 is 36.4 Å². The number of benzene rings is 2. The molecule has 0 spiro atoms. The molecule has 3 aliphatic rings. The van der Waals surface area contributed by atoms with E-state index < -0.39 is 58.0 Å². The summed E-state index contributed by atoms with van der Waals surface area (Å²) in [4.78, 5) is 42.8. The molecule has 1 fully saturated rings. The summed E-state index contributed by atoms with van der Waals surface area (Å²) in [5.41, 5.74) is 4.54. The fourth-order valence-corrected chi connectivity index (χ4v) is 6.81. The second-order valence-electron chi connectivity index (χ2n) is 11.7. The summed E-state index contributed by atoms with van der Waals surface area (Å²) in [6.45, 7) is 0.484. The Morgan fingerprint density at radius 2 is 1.76 bits per heavy atom. The van der Waals surface area contributed by atoms with Crippen molar-refractivity contribution < 1.29 is 34.8 Å². The normalized spacial score (nSPS) is 25.2. The molecule has 3 unspecified atom stereocenters. The number of hydrogen-bond acceptors (Lipinski definition) is 10. The number of phenols is 1. The summed E-state index contributed by atoms with van der Waals surface area (Å²) in [5, 5.41) is 49.0. The predicted molar refractivity (Wildman–Crippen MR) is 157 cm³/mol. The van der Waals surface area contributed by atoms with Crippen molar-refractivity contribution in [2.75, 3.05) is 45.0 Å².